The molecule has 124 valence electrons. The third kappa shape index (κ3) is 6.12. The van der Waals surface area contributed by atoms with Crippen molar-refractivity contribution < 1.29 is 4.74 Å². The highest BCUT2D eigenvalue weighted by molar-refractivity contribution is 14.0. The van der Waals surface area contributed by atoms with E-state index in [4.69, 9.17) is 9.73 Å². The fourth-order valence-corrected chi connectivity index (χ4v) is 2.25. The maximum Gasteiger partial charge on any atom is 0.191 e. The lowest BCUT2D eigenvalue weighted by atomic mass is 10.1. The summed E-state index contributed by atoms with van der Waals surface area (Å²) in [5, 5.41) is 6.80. The van der Waals surface area contributed by atoms with E-state index in [0.717, 1.165) is 25.0 Å². The Morgan fingerprint density at radius 3 is 2.55 bits per heavy atom. The number of ether oxygens (including phenoxy) is 1. The molecular formula is C17H28IN3O. The number of nitrogens with zero attached hydrogens (tertiary/aromatic N) is 1. The summed E-state index contributed by atoms with van der Waals surface area (Å²) in [4.78, 5) is 4.71. The lowest BCUT2D eigenvalue weighted by molar-refractivity contribution is 0.133. The minimum absolute atomic E-state index is 0. The molecule has 1 aliphatic rings. The first kappa shape index (κ1) is 19.2. The molecule has 1 aliphatic carbocycles. The van der Waals surface area contributed by atoms with Crippen LogP contribution in [0.5, 0.6) is 0 Å². The number of rotatable bonds is 7. The van der Waals surface area contributed by atoms with E-state index in [2.05, 4.69) is 48.7 Å². The van der Waals surface area contributed by atoms with E-state index in [-0.39, 0.29) is 24.0 Å². The van der Waals surface area contributed by atoms with Crippen molar-refractivity contribution in [1.82, 2.24) is 10.6 Å². The molecule has 0 radical (unpaired) electrons. The van der Waals surface area contributed by atoms with Crippen molar-refractivity contribution in [2.75, 3.05) is 13.2 Å². The summed E-state index contributed by atoms with van der Waals surface area (Å²) in [6.45, 7) is 9.33. The third-order valence-corrected chi connectivity index (χ3v) is 3.76. The molecule has 4 nitrogen and oxygen atoms in total. The van der Waals surface area contributed by atoms with Gasteiger partial charge in [-0.05, 0) is 37.3 Å². The Hall–Kier alpha value is -0.820. The van der Waals surface area contributed by atoms with Crippen LogP contribution >= 0.6 is 24.0 Å². The maximum absolute atomic E-state index is 5.52. The van der Waals surface area contributed by atoms with Crippen molar-refractivity contribution >= 4 is 29.9 Å². The van der Waals surface area contributed by atoms with Crippen molar-refractivity contribution in [1.29, 1.82) is 0 Å². The number of hydrogen-bond donors (Lipinski definition) is 2. The van der Waals surface area contributed by atoms with Crippen LogP contribution in [0.3, 0.4) is 0 Å². The summed E-state index contributed by atoms with van der Waals surface area (Å²) >= 11 is 0. The van der Waals surface area contributed by atoms with E-state index in [1.54, 1.807) is 0 Å². The minimum Gasteiger partial charge on any atom is -0.377 e. The van der Waals surface area contributed by atoms with Gasteiger partial charge in [-0.3, -0.25) is 0 Å². The molecule has 0 bridgehead atoms. The molecule has 0 saturated heterocycles. The lowest BCUT2D eigenvalue weighted by Crippen LogP contribution is -2.39. The number of halogens is 1. The minimum atomic E-state index is 0. The highest BCUT2D eigenvalue weighted by Gasteiger charge is 2.33. The number of nitrogens with one attached hydrogen (secondary N) is 2. The lowest BCUT2D eigenvalue weighted by Gasteiger charge is -2.12. The quantitative estimate of drug-likeness (QED) is 0.407. The van der Waals surface area contributed by atoms with Crippen LogP contribution in [0.15, 0.2) is 29.3 Å². The van der Waals surface area contributed by atoms with Gasteiger partial charge in [-0.1, -0.05) is 31.2 Å². The second kappa shape index (κ2) is 10.0. The number of guanidine groups is 1. The first-order valence-electron chi connectivity index (χ1n) is 7.94. The molecule has 22 heavy (non-hydrogen) atoms. The van der Waals surface area contributed by atoms with Crippen molar-refractivity contribution in [3.05, 3.63) is 35.4 Å². The Morgan fingerprint density at radius 2 is 1.95 bits per heavy atom. The van der Waals surface area contributed by atoms with Gasteiger partial charge in [0.15, 0.2) is 5.96 Å². The summed E-state index contributed by atoms with van der Waals surface area (Å²) in [6, 6.07) is 8.94. The molecule has 0 aromatic heterocycles. The second-order valence-electron chi connectivity index (χ2n) is 5.56. The molecular weight excluding hydrogens is 389 g/mol. The normalized spacial score (nSPS) is 20.2. The maximum atomic E-state index is 5.52. The van der Waals surface area contributed by atoms with Crippen LogP contribution in [0.2, 0.25) is 0 Å². The van der Waals surface area contributed by atoms with Gasteiger partial charge in [-0.2, -0.15) is 0 Å². The summed E-state index contributed by atoms with van der Waals surface area (Å²) in [5.74, 6) is 1.68. The SMILES string of the molecule is CCNC(=NCc1ccccc1COCC)NC1CC1C.I. The van der Waals surface area contributed by atoms with E-state index in [9.17, 15) is 0 Å². The summed E-state index contributed by atoms with van der Waals surface area (Å²) < 4.78 is 5.52. The van der Waals surface area contributed by atoms with E-state index < -0.39 is 0 Å². The highest BCUT2D eigenvalue weighted by Crippen LogP contribution is 2.28. The zero-order valence-electron chi connectivity index (χ0n) is 13.8. The van der Waals surface area contributed by atoms with E-state index in [1.165, 1.54) is 17.5 Å². The van der Waals surface area contributed by atoms with Gasteiger partial charge in [-0.25, -0.2) is 4.99 Å². The van der Waals surface area contributed by atoms with Gasteiger partial charge < -0.3 is 15.4 Å². The second-order valence-corrected chi connectivity index (χ2v) is 5.56. The zero-order chi connectivity index (χ0) is 15.1. The fourth-order valence-electron chi connectivity index (χ4n) is 2.25. The van der Waals surface area contributed by atoms with Gasteiger partial charge in [-0.15, -0.1) is 24.0 Å². The van der Waals surface area contributed by atoms with Gasteiger partial charge >= 0.3 is 0 Å². The van der Waals surface area contributed by atoms with Crippen molar-refractivity contribution in [2.24, 2.45) is 10.9 Å². The van der Waals surface area contributed by atoms with Crippen LogP contribution < -0.4 is 10.6 Å². The van der Waals surface area contributed by atoms with Gasteiger partial charge in [0.1, 0.15) is 0 Å². The predicted molar refractivity (Wildman–Crippen MR) is 103 cm³/mol. The summed E-state index contributed by atoms with van der Waals surface area (Å²) in [6.07, 6.45) is 1.24. The summed E-state index contributed by atoms with van der Waals surface area (Å²) in [7, 11) is 0. The monoisotopic (exact) mass is 417 g/mol. The van der Waals surface area contributed by atoms with Crippen LogP contribution in [0.25, 0.3) is 0 Å². The number of benzene rings is 1. The van der Waals surface area contributed by atoms with E-state index in [1.807, 2.05) is 6.92 Å². The van der Waals surface area contributed by atoms with Gasteiger partial charge in [0.05, 0.1) is 13.2 Å². The first-order valence-corrected chi connectivity index (χ1v) is 7.94. The molecule has 2 unspecified atom stereocenters. The van der Waals surface area contributed by atoms with Gasteiger partial charge in [0.25, 0.3) is 0 Å². The molecule has 1 fully saturated rings. The number of aliphatic imine (C=N–C) groups is 1. The molecule has 1 saturated carbocycles. The van der Waals surface area contributed by atoms with Crippen LogP contribution in [0.4, 0.5) is 0 Å². The standard InChI is InChI=1S/C17H27N3O.HI/c1-4-18-17(20-16-10-13(16)3)19-11-14-8-6-7-9-15(14)12-21-5-2;/h6-9,13,16H,4-5,10-12H2,1-3H3,(H2,18,19,20);1H. The molecule has 1 aromatic rings. The van der Waals surface area contributed by atoms with Crippen LogP contribution in [-0.4, -0.2) is 25.2 Å². The molecule has 1 aromatic carbocycles. The molecule has 0 spiro atoms. The molecule has 2 N–H and O–H groups in total. The molecule has 2 atom stereocenters. The Morgan fingerprint density at radius 1 is 1.27 bits per heavy atom. The van der Waals surface area contributed by atoms with E-state index in [0.29, 0.717) is 19.2 Å². The molecule has 5 heteroatoms. The average Bonchev–Trinajstić information content (AvgIpc) is 3.19. The zero-order valence-corrected chi connectivity index (χ0v) is 16.1. The highest BCUT2D eigenvalue weighted by atomic mass is 127. The van der Waals surface area contributed by atoms with E-state index >= 15 is 0 Å². The van der Waals surface area contributed by atoms with Gasteiger partial charge in [0, 0.05) is 19.2 Å². The molecule has 0 heterocycles. The Labute approximate surface area is 151 Å². The van der Waals surface area contributed by atoms with Crippen molar-refractivity contribution in [3.63, 3.8) is 0 Å². The topological polar surface area (TPSA) is 45.7 Å². The van der Waals surface area contributed by atoms with Crippen molar-refractivity contribution in [2.45, 2.75) is 46.4 Å². The van der Waals surface area contributed by atoms with Gasteiger partial charge in [0.2, 0.25) is 0 Å². The molecule has 0 amide bonds. The Kier molecular flexibility index (Phi) is 8.78. The van der Waals surface area contributed by atoms with Crippen LogP contribution in [0.1, 0.15) is 38.3 Å². The smallest absolute Gasteiger partial charge is 0.191 e. The Bertz CT molecular complexity index is 479. The molecule has 2 rings (SSSR count). The summed E-state index contributed by atoms with van der Waals surface area (Å²) in [5.41, 5.74) is 2.45. The predicted octanol–water partition coefficient (Wildman–Crippen LogP) is 3.30. The average molecular weight is 417 g/mol. The fraction of sp³-hybridized carbons (Fsp3) is 0.588. The first-order chi connectivity index (χ1) is 10.2. The third-order valence-electron chi connectivity index (χ3n) is 3.76. The largest absolute Gasteiger partial charge is 0.377 e. The van der Waals surface area contributed by atoms with Crippen molar-refractivity contribution in [3.8, 4) is 0 Å². The van der Waals surface area contributed by atoms with Crippen LogP contribution in [0, 0.1) is 5.92 Å². The van der Waals surface area contributed by atoms with Crippen LogP contribution in [-0.2, 0) is 17.9 Å². The Balaban J connectivity index is 0.00000242. The molecule has 0 aliphatic heterocycles. The number of hydrogen-bond acceptors (Lipinski definition) is 2.